The molecule has 2 N–H and O–H groups in total. The molecule has 140 valence electrons. The van der Waals surface area contributed by atoms with Crippen LogP contribution in [0.25, 0.3) is 11.3 Å². The Hall–Kier alpha value is -1.57. The minimum absolute atomic E-state index is 0. The summed E-state index contributed by atoms with van der Waals surface area (Å²) in [5.74, 6) is 1.94. The third kappa shape index (κ3) is 4.05. The molecule has 2 aliphatic rings. The van der Waals surface area contributed by atoms with Gasteiger partial charge in [0.25, 0.3) is 0 Å². The van der Waals surface area contributed by atoms with Gasteiger partial charge in [0.05, 0.1) is 11.9 Å². The van der Waals surface area contributed by atoms with Gasteiger partial charge in [-0.15, -0.1) is 24.0 Å². The van der Waals surface area contributed by atoms with Crippen LogP contribution < -0.4 is 5.32 Å². The maximum atomic E-state index is 4.83. The van der Waals surface area contributed by atoms with Crippen molar-refractivity contribution in [2.24, 2.45) is 10.4 Å². The lowest BCUT2D eigenvalue weighted by atomic mass is 9.68. The highest BCUT2D eigenvalue weighted by molar-refractivity contribution is 14.0. The maximum Gasteiger partial charge on any atom is 0.194 e. The largest absolute Gasteiger partial charge is 0.357 e. The number of H-pyrrole nitrogens is 1. The Kier molecular flexibility index (Phi) is 6.21. The molecule has 1 spiro atoms. The lowest BCUT2D eigenvalue weighted by molar-refractivity contribution is 0.151. The number of hydrogen-bond acceptors (Lipinski definition) is 2. The van der Waals surface area contributed by atoms with Crippen molar-refractivity contribution in [3.8, 4) is 11.3 Å². The Bertz CT molecular complexity index is 736. The number of aliphatic imine (C=N–C) groups is 1. The van der Waals surface area contributed by atoms with Crippen LogP contribution in [-0.4, -0.2) is 40.5 Å². The standard InChI is InChI=1S/C20H27N5.HI/c1-2-21-19(25-12-11-20(15-25)9-6-10-20)23-14-18-22-13-17(24-18)16-7-4-3-5-8-16;/h3-5,7-8,13H,2,6,9-12,14-15H2,1H3,(H,21,23)(H,22,24);1H. The summed E-state index contributed by atoms with van der Waals surface area (Å²) in [4.78, 5) is 15.2. The number of nitrogens with zero attached hydrogens (tertiary/aromatic N) is 3. The molecule has 1 aliphatic heterocycles. The fourth-order valence-electron chi connectivity index (χ4n) is 3.98. The summed E-state index contributed by atoms with van der Waals surface area (Å²) in [6, 6.07) is 10.3. The predicted octanol–water partition coefficient (Wildman–Crippen LogP) is 4.04. The van der Waals surface area contributed by atoms with E-state index < -0.39 is 0 Å². The zero-order chi connectivity index (χ0) is 17.1. The smallest absolute Gasteiger partial charge is 0.194 e. The van der Waals surface area contributed by atoms with Crippen LogP contribution in [0.3, 0.4) is 0 Å². The lowest BCUT2D eigenvalue weighted by Gasteiger charge is -2.38. The molecule has 1 saturated heterocycles. The quantitative estimate of drug-likeness (QED) is 0.407. The van der Waals surface area contributed by atoms with E-state index in [1.54, 1.807) is 0 Å². The van der Waals surface area contributed by atoms with Crippen LogP contribution in [0.1, 0.15) is 38.4 Å². The first-order valence-electron chi connectivity index (χ1n) is 9.41. The van der Waals surface area contributed by atoms with Crippen molar-refractivity contribution in [2.75, 3.05) is 19.6 Å². The number of nitrogens with one attached hydrogen (secondary N) is 2. The van der Waals surface area contributed by atoms with Crippen molar-refractivity contribution in [1.29, 1.82) is 0 Å². The van der Waals surface area contributed by atoms with Gasteiger partial charge in [0.2, 0.25) is 0 Å². The molecule has 0 atom stereocenters. The van der Waals surface area contributed by atoms with Gasteiger partial charge in [-0.1, -0.05) is 36.8 Å². The van der Waals surface area contributed by atoms with Gasteiger partial charge in [0, 0.05) is 19.6 Å². The van der Waals surface area contributed by atoms with Gasteiger partial charge in [-0.05, 0) is 37.2 Å². The molecule has 0 unspecified atom stereocenters. The Labute approximate surface area is 172 Å². The molecule has 6 heteroatoms. The SMILES string of the molecule is CCNC(=NCc1ncc(-c2ccccc2)[nH]1)N1CCC2(CCC2)C1.I. The van der Waals surface area contributed by atoms with E-state index in [9.17, 15) is 0 Å². The summed E-state index contributed by atoms with van der Waals surface area (Å²) in [5.41, 5.74) is 2.79. The molecular formula is C20H28IN5. The second-order valence-corrected chi connectivity index (χ2v) is 7.30. The normalized spacial score (nSPS) is 18.5. The van der Waals surface area contributed by atoms with E-state index in [-0.39, 0.29) is 24.0 Å². The summed E-state index contributed by atoms with van der Waals surface area (Å²) >= 11 is 0. The molecule has 1 aromatic carbocycles. The fraction of sp³-hybridized carbons (Fsp3) is 0.500. The van der Waals surface area contributed by atoms with Gasteiger partial charge in [-0.2, -0.15) is 0 Å². The van der Waals surface area contributed by atoms with E-state index in [0.717, 1.165) is 42.7 Å². The topological polar surface area (TPSA) is 56.3 Å². The van der Waals surface area contributed by atoms with Crippen LogP contribution in [0.5, 0.6) is 0 Å². The van der Waals surface area contributed by atoms with Crippen molar-refractivity contribution >= 4 is 29.9 Å². The number of rotatable bonds is 4. The summed E-state index contributed by atoms with van der Waals surface area (Å²) in [6.07, 6.45) is 7.39. The molecule has 5 nitrogen and oxygen atoms in total. The molecule has 1 aromatic heterocycles. The van der Waals surface area contributed by atoms with Gasteiger partial charge in [-0.25, -0.2) is 9.98 Å². The van der Waals surface area contributed by atoms with Crippen LogP contribution in [0.15, 0.2) is 41.5 Å². The van der Waals surface area contributed by atoms with Crippen LogP contribution in [-0.2, 0) is 6.54 Å². The fourth-order valence-corrected chi connectivity index (χ4v) is 3.98. The van der Waals surface area contributed by atoms with Crippen molar-refractivity contribution < 1.29 is 0 Å². The molecule has 4 rings (SSSR count). The highest BCUT2D eigenvalue weighted by Crippen LogP contribution is 2.47. The molecular weight excluding hydrogens is 437 g/mol. The minimum atomic E-state index is 0. The van der Waals surface area contributed by atoms with E-state index in [0.29, 0.717) is 12.0 Å². The van der Waals surface area contributed by atoms with Crippen molar-refractivity contribution in [3.05, 3.63) is 42.4 Å². The first-order valence-corrected chi connectivity index (χ1v) is 9.41. The summed E-state index contributed by atoms with van der Waals surface area (Å²) < 4.78 is 0. The monoisotopic (exact) mass is 465 g/mol. The van der Waals surface area contributed by atoms with E-state index >= 15 is 0 Å². The van der Waals surface area contributed by atoms with Crippen molar-refractivity contribution in [2.45, 2.75) is 39.2 Å². The predicted molar refractivity (Wildman–Crippen MR) is 117 cm³/mol. The zero-order valence-electron chi connectivity index (χ0n) is 15.4. The number of benzene rings is 1. The number of imidazole rings is 1. The lowest BCUT2D eigenvalue weighted by Crippen LogP contribution is -2.42. The van der Waals surface area contributed by atoms with Crippen LogP contribution in [0.2, 0.25) is 0 Å². The first kappa shape index (κ1) is 19.2. The molecule has 2 fully saturated rings. The summed E-state index contributed by atoms with van der Waals surface area (Å²) in [5, 5.41) is 3.45. The Morgan fingerprint density at radius 1 is 1.27 bits per heavy atom. The van der Waals surface area contributed by atoms with Gasteiger partial charge >= 0.3 is 0 Å². The van der Waals surface area contributed by atoms with Crippen molar-refractivity contribution in [1.82, 2.24) is 20.2 Å². The molecule has 1 saturated carbocycles. The van der Waals surface area contributed by atoms with Gasteiger partial charge in [0.15, 0.2) is 5.96 Å². The highest BCUT2D eigenvalue weighted by atomic mass is 127. The maximum absolute atomic E-state index is 4.83. The van der Waals surface area contributed by atoms with Gasteiger partial charge < -0.3 is 15.2 Å². The number of aromatic amines is 1. The van der Waals surface area contributed by atoms with Crippen LogP contribution in [0, 0.1) is 5.41 Å². The number of likely N-dealkylation sites (tertiary alicyclic amines) is 1. The van der Waals surface area contributed by atoms with E-state index in [1.165, 1.54) is 25.7 Å². The molecule has 0 amide bonds. The average molecular weight is 465 g/mol. The molecule has 0 radical (unpaired) electrons. The second-order valence-electron chi connectivity index (χ2n) is 7.30. The Balaban J connectivity index is 0.00000196. The molecule has 1 aliphatic carbocycles. The highest BCUT2D eigenvalue weighted by Gasteiger charge is 2.43. The van der Waals surface area contributed by atoms with Gasteiger partial charge in [0.1, 0.15) is 12.4 Å². The van der Waals surface area contributed by atoms with E-state index in [1.807, 2.05) is 24.4 Å². The van der Waals surface area contributed by atoms with Crippen LogP contribution >= 0.6 is 24.0 Å². The first-order chi connectivity index (χ1) is 12.3. The number of aromatic nitrogens is 2. The third-order valence-electron chi connectivity index (χ3n) is 5.58. The van der Waals surface area contributed by atoms with Gasteiger partial charge in [-0.3, -0.25) is 0 Å². The molecule has 2 heterocycles. The molecule has 26 heavy (non-hydrogen) atoms. The number of halogens is 1. The minimum Gasteiger partial charge on any atom is -0.357 e. The Morgan fingerprint density at radius 2 is 2.08 bits per heavy atom. The molecule has 0 bridgehead atoms. The van der Waals surface area contributed by atoms with E-state index in [2.05, 4.69) is 39.2 Å². The number of hydrogen-bond donors (Lipinski definition) is 2. The summed E-state index contributed by atoms with van der Waals surface area (Å²) in [7, 11) is 0. The van der Waals surface area contributed by atoms with Crippen molar-refractivity contribution in [3.63, 3.8) is 0 Å². The average Bonchev–Trinajstić information content (AvgIpc) is 3.26. The second kappa shape index (κ2) is 8.41. The van der Waals surface area contributed by atoms with Crippen LogP contribution in [0.4, 0.5) is 0 Å². The van der Waals surface area contributed by atoms with E-state index in [4.69, 9.17) is 4.99 Å². The zero-order valence-corrected chi connectivity index (χ0v) is 17.7. The summed E-state index contributed by atoms with van der Waals surface area (Å²) in [6.45, 7) is 5.89. The number of guanidine groups is 1. The Morgan fingerprint density at radius 3 is 2.73 bits per heavy atom. The third-order valence-corrected chi connectivity index (χ3v) is 5.58. The molecule has 2 aromatic rings.